The molecule has 110 valence electrons. The Kier molecular flexibility index (Phi) is 5.84. The Balaban J connectivity index is 1.84. The molecule has 1 aromatic carbocycles. The number of anilines is 1. The van der Waals surface area contributed by atoms with E-state index in [9.17, 15) is 0 Å². The van der Waals surface area contributed by atoms with E-state index in [4.69, 9.17) is 12.2 Å². The normalized spacial score (nSPS) is 22.3. The van der Waals surface area contributed by atoms with Gasteiger partial charge >= 0.3 is 0 Å². The summed E-state index contributed by atoms with van der Waals surface area (Å²) in [5.74, 6) is 0.718. The molecule has 2 N–H and O–H groups in total. The van der Waals surface area contributed by atoms with Crippen molar-refractivity contribution in [3.8, 4) is 0 Å². The molecule has 1 saturated carbocycles. The van der Waals surface area contributed by atoms with Gasteiger partial charge in [0, 0.05) is 11.7 Å². The van der Waals surface area contributed by atoms with Gasteiger partial charge in [0.1, 0.15) is 0 Å². The predicted molar refractivity (Wildman–Crippen MR) is 91.2 cm³/mol. The molecule has 0 unspecified atom stereocenters. The molecule has 2 rings (SSSR count). The lowest BCUT2D eigenvalue weighted by Crippen LogP contribution is -2.43. The zero-order chi connectivity index (χ0) is 14.4. The molecule has 1 aromatic rings. The van der Waals surface area contributed by atoms with Gasteiger partial charge < -0.3 is 10.6 Å². The van der Waals surface area contributed by atoms with Crippen molar-refractivity contribution in [3.05, 3.63) is 29.8 Å². The van der Waals surface area contributed by atoms with Crippen LogP contribution in [0.5, 0.6) is 0 Å². The van der Waals surface area contributed by atoms with E-state index < -0.39 is 0 Å². The summed E-state index contributed by atoms with van der Waals surface area (Å²) in [5.41, 5.74) is 2.46. The molecule has 0 radical (unpaired) electrons. The zero-order valence-electron chi connectivity index (χ0n) is 12.6. The number of thiocarbonyl (C=S) groups is 1. The molecule has 1 aliphatic rings. The third-order valence-corrected chi connectivity index (χ3v) is 4.40. The minimum atomic E-state index is 0.531. The van der Waals surface area contributed by atoms with Crippen LogP contribution in [0.3, 0.4) is 0 Å². The number of rotatable bonds is 4. The van der Waals surface area contributed by atoms with Gasteiger partial charge in [0.05, 0.1) is 0 Å². The Morgan fingerprint density at radius 3 is 2.55 bits per heavy atom. The van der Waals surface area contributed by atoms with Gasteiger partial charge in [-0.1, -0.05) is 45.2 Å². The van der Waals surface area contributed by atoms with Gasteiger partial charge in [-0.15, -0.1) is 0 Å². The first-order chi connectivity index (χ1) is 9.69. The van der Waals surface area contributed by atoms with Crippen LogP contribution in [0.1, 0.15) is 51.5 Å². The van der Waals surface area contributed by atoms with Crippen LogP contribution in [0.2, 0.25) is 0 Å². The fraction of sp³-hybridized carbons (Fsp3) is 0.588. The molecule has 0 heterocycles. The molecule has 0 aromatic heterocycles. The van der Waals surface area contributed by atoms with Gasteiger partial charge in [-0.05, 0) is 55.1 Å². The van der Waals surface area contributed by atoms with Crippen LogP contribution in [-0.2, 0) is 6.42 Å². The average molecular weight is 290 g/mol. The van der Waals surface area contributed by atoms with Crippen molar-refractivity contribution in [2.75, 3.05) is 5.32 Å². The molecule has 1 fully saturated rings. The molecular formula is C17H26N2S. The summed E-state index contributed by atoms with van der Waals surface area (Å²) in [6, 6.07) is 9.12. The summed E-state index contributed by atoms with van der Waals surface area (Å²) in [5, 5.41) is 7.53. The Hall–Kier alpha value is -1.09. The smallest absolute Gasteiger partial charge is 0.171 e. The van der Waals surface area contributed by atoms with Crippen LogP contribution in [0.4, 0.5) is 5.69 Å². The molecule has 2 nitrogen and oxygen atoms in total. The number of hydrogen-bond acceptors (Lipinski definition) is 1. The molecule has 1 aliphatic carbocycles. The molecule has 0 saturated heterocycles. The Labute approximate surface area is 128 Å². The van der Waals surface area contributed by atoms with Crippen molar-refractivity contribution in [2.24, 2.45) is 5.92 Å². The fourth-order valence-electron chi connectivity index (χ4n) is 2.91. The molecule has 2 atom stereocenters. The van der Waals surface area contributed by atoms with Crippen molar-refractivity contribution in [3.63, 3.8) is 0 Å². The molecule has 3 heteroatoms. The van der Waals surface area contributed by atoms with Gasteiger partial charge in [-0.2, -0.15) is 0 Å². The lowest BCUT2D eigenvalue weighted by molar-refractivity contribution is 0.309. The second-order valence-corrected chi connectivity index (χ2v) is 6.32. The van der Waals surface area contributed by atoms with E-state index in [0.717, 1.165) is 23.1 Å². The summed E-state index contributed by atoms with van der Waals surface area (Å²) in [6.45, 7) is 4.52. The van der Waals surface area contributed by atoms with Gasteiger partial charge in [0.2, 0.25) is 0 Å². The van der Waals surface area contributed by atoms with Crippen molar-refractivity contribution in [1.82, 2.24) is 5.32 Å². The average Bonchev–Trinajstić information content (AvgIpc) is 2.44. The maximum Gasteiger partial charge on any atom is 0.171 e. The number of aryl methyl sites for hydroxylation is 1. The molecule has 0 amide bonds. The highest BCUT2D eigenvalue weighted by Crippen LogP contribution is 2.23. The zero-order valence-corrected chi connectivity index (χ0v) is 13.4. The maximum atomic E-state index is 5.43. The van der Waals surface area contributed by atoms with Crippen molar-refractivity contribution < 1.29 is 0 Å². The fourth-order valence-corrected chi connectivity index (χ4v) is 3.18. The minimum absolute atomic E-state index is 0.531. The van der Waals surface area contributed by atoms with Crippen LogP contribution in [0, 0.1) is 5.92 Å². The first-order valence-electron chi connectivity index (χ1n) is 7.85. The molecule has 0 spiro atoms. The van der Waals surface area contributed by atoms with E-state index in [1.165, 1.54) is 37.7 Å². The van der Waals surface area contributed by atoms with E-state index in [1.54, 1.807) is 0 Å². The quantitative estimate of drug-likeness (QED) is 0.798. The lowest BCUT2D eigenvalue weighted by atomic mass is 9.86. The molecular weight excluding hydrogens is 264 g/mol. The van der Waals surface area contributed by atoms with Crippen LogP contribution < -0.4 is 10.6 Å². The Bertz CT molecular complexity index is 427. The third-order valence-electron chi connectivity index (χ3n) is 4.18. The first kappa shape index (κ1) is 15.3. The summed E-state index contributed by atoms with van der Waals surface area (Å²) in [4.78, 5) is 0. The monoisotopic (exact) mass is 290 g/mol. The van der Waals surface area contributed by atoms with Gasteiger partial charge in [-0.25, -0.2) is 0 Å². The Morgan fingerprint density at radius 1 is 1.20 bits per heavy atom. The Morgan fingerprint density at radius 2 is 1.90 bits per heavy atom. The molecule has 0 bridgehead atoms. The third kappa shape index (κ3) is 4.48. The van der Waals surface area contributed by atoms with E-state index in [1.807, 2.05) is 0 Å². The van der Waals surface area contributed by atoms with Gasteiger partial charge in [-0.3, -0.25) is 0 Å². The summed E-state index contributed by atoms with van der Waals surface area (Å²) in [6.07, 6.45) is 7.55. The summed E-state index contributed by atoms with van der Waals surface area (Å²) in [7, 11) is 0. The highest BCUT2D eigenvalue weighted by atomic mass is 32.1. The predicted octanol–water partition coefficient (Wildman–Crippen LogP) is 4.50. The lowest BCUT2D eigenvalue weighted by Gasteiger charge is -2.30. The molecule has 20 heavy (non-hydrogen) atoms. The second kappa shape index (κ2) is 7.63. The van der Waals surface area contributed by atoms with Crippen LogP contribution in [0.15, 0.2) is 24.3 Å². The van der Waals surface area contributed by atoms with E-state index in [-0.39, 0.29) is 0 Å². The SMILES string of the molecule is CCCc1ccc(NC(=S)N[C@H]2CCCC[C@@H]2C)cc1. The van der Waals surface area contributed by atoms with Gasteiger partial charge in [0.15, 0.2) is 5.11 Å². The maximum absolute atomic E-state index is 5.43. The standard InChI is InChI=1S/C17H26N2S/c1-3-6-14-9-11-15(12-10-14)18-17(20)19-16-8-5-4-7-13(16)2/h9-13,16H,3-8H2,1-2H3,(H2,18,19,20)/t13-,16-/m0/s1. The van der Waals surface area contributed by atoms with E-state index in [0.29, 0.717) is 6.04 Å². The second-order valence-electron chi connectivity index (χ2n) is 5.91. The van der Waals surface area contributed by atoms with Crippen LogP contribution in [0.25, 0.3) is 0 Å². The van der Waals surface area contributed by atoms with E-state index in [2.05, 4.69) is 48.7 Å². The minimum Gasteiger partial charge on any atom is -0.359 e. The highest BCUT2D eigenvalue weighted by Gasteiger charge is 2.21. The summed E-state index contributed by atoms with van der Waals surface area (Å²) >= 11 is 5.43. The topological polar surface area (TPSA) is 24.1 Å². The van der Waals surface area contributed by atoms with Gasteiger partial charge in [0.25, 0.3) is 0 Å². The van der Waals surface area contributed by atoms with Crippen molar-refractivity contribution >= 4 is 23.0 Å². The number of nitrogens with one attached hydrogen (secondary N) is 2. The first-order valence-corrected chi connectivity index (χ1v) is 8.26. The van der Waals surface area contributed by atoms with Crippen molar-refractivity contribution in [2.45, 2.75) is 58.4 Å². The van der Waals surface area contributed by atoms with Crippen LogP contribution >= 0.6 is 12.2 Å². The summed E-state index contributed by atoms with van der Waals surface area (Å²) < 4.78 is 0. The number of hydrogen-bond donors (Lipinski definition) is 2. The highest BCUT2D eigenvalue weighted by molar-refractivity contribution is 7.80. The molecule has 0 aliphatic heterocycles. The van der Waals surface area contributed by atoms with Crippen LogP contribution in [-0.4, -0.2) is 11.2 Å². The van der Waals surface area contributed by atoms with E-state index >= 15 is 0 Å². The van der Waals surface area contributed by atoms with Crippen molar-refractivity contribution in [1.29, 1.82) is 0 Å². The number of benzene rings is 1. The largest absolute Gasteiger partial charge is 0.359 e.